The van der Waals surface area contributed by atoms with Gasteiger partial charge in [-0.05, 0) is 73.9 Å². The molecule has 9 nitrogen and oxygen atoms in total. The minimum absolute atomic E-state index is 0.0254. The van der Waals surface area contributed by atoms with Gasteiger partial charge in [0.2, 0.25) is 11.8 Å². The first kappa shape index (κ1) is 31.6. The van der Waals surface area contributed by atoms with Gasteiger partial charge in [-0.3, -0.25) is 13.9 Å². The van der Waals surface area contributed by atoms with Crippen LogP contribution in [-0.2, 0) is 26.2 Å². The summed E-state index contributed by atoms with van der Waals surface area (Å²) >= 11 is 6.07. The second kappa shape index (κ2) is 13.9. The van der Waals surface area contributed by atoms with E-state index in [1.807, 2.05) is 0 Å². The van der Waals surface area contributed by atoms with Gasteiger partial charge in [0.15, 0.2) is 11.5 Å². The lowest BCUT2D eigenvalue weighted by molar-refractivity contribution is -0.139. The van der Waals surface area contributed by atoms with E-state index >= 15 is 0 Å². The number of halogens is 2. The van der Waals surface area contributed by atoms with Crippen LogP contribution in [0.4, 0.5) is 10.1 Å². The third-order valence-corrected chi connectivity index (χ3v) is 9.90. The average Bonchev–Trinajstić information content (AvgIpc) is 3.03. The molecule has 0 aromatic heterocycles. The molecule has 12 heteroatoms. The van der Waals surface area contributed by atoms with Gasteiger partial charge < -0.3 is 19.7 Å². The Morgan fingerprint density at radius 2 is 1.61 bits per heavy atom. The summed E-state index contributed by atoms with van der Waals surface area (Å²) < 4.78 is 54.1. The first-order chi connectivity index (χ1) is 21.1. The maximum Gasteiger partial charge on any atom is 0.264 e. The van der Waals surface area contributed by atoms with Crippen molar-refractivity contribution in [3.05, 3.63) is 83.1 Å². The summed E-state index contributed by atoms with van der Waals surface area (Å²) in [6.45, 7) is 1.62. The van der Waals surface area contributed by atoms with Crippen LogP contribution in [0.3, 0.4) is 0 Å². The number of ether oxygens (including phenoxy) is 2. The molecule has 1 aliphatic heterocycles. The molecule has 2 amide bonds. The molecule has 234 valence electrons. The van der Waals surface area contributed by atoms with Crippen molar-refractivity contribution in [2.45, 2.75) is 62.6 Å². The van der Waals surface area contributed by atoms with Crippen LogP contribution in [0.15, 0.2) is 71.6 Å². The fourth-order valence-electron chi connectivity index (χ4n) is 5.39. The molecule has 1 saturated carbocycles. The van der Waals surface area contributed by atoms with Gasteiger partial charge in [-0.1, -0.05) is 43.0 Å². The zero-order valence-electron chi connectivity index (χ0n) is 24.4. The molecule has 2 aliphatic rings. The van der Waals surface area contributed by atoms with E-state index in [1.54, 1.807) is 31.2 Å². The van der Waals surface area contributed by atoms with Gasteiger partial charge >= 0.3 is 0 Å². The van der Waals surface area contributed by atoms with E-state index in [9.17, 15) is 22.4 Å². The maximum absolute atomic E-state index is 14.1. The summed E-state index contributed by atoms with van der Waals surface area (Å²) in [5, 5.41) is 3.59. The summed E-state index contributed by atoms with van der Waals surface area (Å²) in [4.78, 5) is 28.8. The Balaban J connectivity index is 1.47. The number of amides is 2. The number of nitrogens with one attached hydrogen (secondary N) is 1. The average molecular weight is 644 g/mol. The van der Waals surface area contributed by atoms with Crippen LogP contribution in [-0.4, -0.2) is 57.0 Å². The summed E-state index contributed by atoms with van der Waals surface area (Å²) in [5.74, 6) is -0.820. The van der Waals surface area contributed by atoms with Crippen molar-refractivity contribution in [1.29, 1.82) is 0 Å². The third-order valence-electron chi connectivity index (χ3n) is 7.88. The SMILES string of the molecule is C[C@H](C(=O)NC1CCCCC1)N(Cc1ccc(Cl)cc1)C(=O)CN(c1ccc(F)cc1)S(=O)(=O)c1ccc2c(c1)OCCO2. The normalized spacial score (nSPS) is 15.7. The molecule has 1 aliphatic carbocycles. The molecule has 1 atom stereocenters. The highest BCUT2D eigenvalue weighted by atomic mass is 35.5. The van der Waals surface area contributed by atoms with E-state index < -0.39 is 34.3 Å². The molecule has 0 radical (unpaired) electrons. The van der Waals surface area contributed by atoms with Crippen LogP contribution < -0.4 is 19.1 Å². The Labute approximate surface area is 261 Å². The first-order valence-electron chi connectivity index (χ1n) is 14.6. The van der Waals surface area contributed by atoms with Crippen molar-refractivity contribution < 1.29 is 31.9 Å². The van der Waals surface area contributed by atoms with Gasteiger partial charge in [-0.2, -0.15) is 0 Å². The molecule has 1 heterocycles. The van der Waals surface area contributed by atoms with Gasteiger partial charge in [-0.15, -0.1) is 0 Å². The Hall–Kier alpha value is -3.83. The van der Waals surface area contributed by atoms with Crippen LogP contribution in [0.1, 0.15) is 44.6 Å². The third kappa shape index (κ3) is 7.44. The number of anilines is 1. The second-order valence-electron chi connectivity index (χ2n) is 11.0. The number of carbonyl (C=O) groups excluding carboxylic acids is 2. The highest BCUT2D eigenvalue weighted by Crippen LogP contribution is 2.34. The quantitative estimate of drug-likeness (QED) is 0.321. The van der Waals surface area contributed by atoms with Gasteiger partial charge in [0.25, 0.3) is 10.0 Å². The predicted molar refractivity (Wildman–Crippen MR) is 165 cm³/mol. The van der Waals surface area contributed by atoms with Crippen molar-refractivity contribution in [2.24, 2.45) is 0 Å². The van der Waals surface area contributed by atoms with E-state index in [0.717, 1.165) is 48.5 Å². The lowest BCUT2D eigenvalue weighted by Crippen LogP contribution is -2.53. The summed E-state index contributed by atoms with van der Waals surface area (Å²) in [6, 6.07) is 15.0. The summed E-state index contributed by atoms with van der Waals surface area (Å²) in [6.07, 6.45) is 4.92. The zero-order valence-corrected chi connectivity index (χ0v) is 26.0. The number of nitrogens with zero attached hydrogens (tertiary/aromatic N) is 2. The topological polar surface area (TPSA) is 105 Å². The predicted octanol–water partition coefficient (Wildman–Crippen LogP) is 5.31. The van der Waals surface area contributed by atoms with Crippen LogP contribution in [0.5, 0.6) is 11.5 Å². The number of benzene rings is 3. The Morgan fingerprint density at radius 3 is 2.30 bits per heavy atom. The molecule has 0 unspecified atom stereocenters. The van der Waals surface area contributed by atoms with E-state index in [1.165, 1.54) is 35.2 Å². The number of carbonyl (C=O) groups is 2. The van der Waals surface area contributed by atoms with E-state index in [2.05, 4.69) is 5.32 Å². The van der Waals surface area contributed by atoms with Crippen LogP contribution in [0.25, 0.3) is 0 Å². The summed E-state index contributed by atoms with van der Waals surface area (Å²) in [7, 11) is -4.37. The fraction of sp³-hybridized carbons (Fsp3) is 0.375. The molecular weight excluding hydrogens is 609 g/mol. The summed E-state index contributed by atoms with van der Waals surface area (Å²) in [5.41, 5.74) is 0.795. The zero-order chi connectivity index (χ0) is 31.3. The Kier molecular flexibility index (Phi) is 9.95. The number of rotatable bonds is 10. The number of fused-ring (bicyclic) bond motifs is 1. The molecule has 3 aromatic rings. The molecule has 0 bridgehead atoms. The largest absolute Gasteiger partial charge is 0.486 e. The van der Waals surface area contributed by atoms with Crippen molar-refractivity contribution in [3.8, 4) is 11.5 Å². The maximum atomic E-state index is 14.1. The lowest BCUT2D eigenvalue weighted by atomic mass is 9.95. The van der Waals surface area contributed by atoms with Gasteiger partial charge in [0.05, 0.1) is 10.6 Å². The van der Waals surface area contributed by atoms with Crippen LogP contribution >= 0.6 is 11.6 Å². The highest BCUT2D eigenvalue weighted by molar-refractivity contribution is 7.92. The molecule has 1 fully saturated rings. The number of hydrogen-bond donors (Lipinski definition) is 1. The van der Waals surface area contributed by atoms with Gasteiger partial charge in [0, 0.05) is 23.7 Å². The van der Waals surface area contributed by atoms with Crippen molar-refractivity contribution >= 4 is 39.1 Å². The van der Waals surface area contributed by atoms with Gasteiger partial charge in [-0.25, -0.2) is 12.8 Å². The number of sulfonamides is 1. The second-order valence-corrected chi connectivity index (χ2v) is 13.3. The highest BCUT2D eigenvalue weighted by Gasteiger charge is 2.34. The number of hydrogen-bond acceptors (Lipinski definition) is 6. The molecule has 0 saturated heterocycles. The minimum atomic E-state index is -4.37. The minimum Gasteiger partial charge on any atom is -0.486 e. The molecule has 44 heavy (non-hydrogen) atoms. The van der Waals surface area contributed by atoms with E-state index in [4.69, 9.17) is 21.1 Å². The fourth-order valence-corrected chi connectivity index (χ4v) is 6.94. The molecule has 3 aromatic carbocycles. The lowest BCUT2D eigenvalue weighted by Gasteiger charge is -2.33. The van der Waals surface area contributed by atoms with Crippen molar-refractivity contribution in [1.82, 2.24) is 10.2 Å². The van der Waals surface area contributed by atoms with Gasteiger partial charge in [0.1, 0.15) is 31.6 Å². The van der Waals surface area contributed by atoms with E-state index in [-0.39, 0.29) is 41.4 Å². The first-order valence-corrected chi connectivity index (χ1v) is 16.5. The Bertz CT molecular complexity index is 1580. The smallest absolute Gasteiger partial charge is 0.264 e. The molecule has 5 rings (SSSR count). The van der Waals surface area contributed by atoms with Crippen molar-refractivity contribution in [3.63, 3.8) is 0 Å². The Morgan fingerprint density at radius 1 is 0.955 bits per heavy atom. The standard InChI is InChI=1S/C32H35ClFN3O6S/c1-22(32(39)35-26-5-3-2-4-6-26)36(20-23-7-9-24(33)10-8-23)31(38)21-37(27-13-11-25(34)12-14-27)44(40,41)28-15-16-29-30(19-28)43-18-17-42-29/h7-16,19,22,26H,2-6,17-18,20-21H2,1H3,(H,35,39)/t22-/m1/s1. The van der Waals surface area contributed by atoms with Crippen LogP contribution in [0.2, 0.25) is 5.02 Å². The molecule has 1 N–H and O–H groups in total. The van der Waals surface area contributed by atoms with Crippen LogP contribution in [0, 0.1) is 5.82 Å². The monoisotopic (exact) mass is 643 g/mol. The molecule has 0 spiro atoms. The molecular formula is C32H35ClFN3O6S. The van der Waals surface area contributed by atoms with Crippen molar-refractivity contribution in [2.75, 3.05) is 24.1 Å². The van der Waals surface area contributed by atoms with E-state index in [0.29, 0.717) is 22.9 Å².